The number of carbonyl (C=O) groups excluding carboxylic acids is 1. The largest absolute Gasteiger partial charge is 0.464 e. The van der Waals surface area contributed by atoms with Gasteiger partial charge in [-0.25, -0.2) is 9.48 Å². The molecule has 1 aromatic rings. The maximum absolute atomic E-state index is 12.1. The molecule has 1 rings (SSSR count). The van der Waals surface area contributed by atoms with Gasteiger partial charge in [0.05, 0.1) is 25.0 Å². The summed E-state index contributed by atoms with van der Waals surface area (Å²) in [6.07, 6.45) is 1.44. The van der Waals surface area contributed by atoms with Gasteiger partial charge in [0.2, 0.25) is 0 Å². The first kappa shape index (κ1) is 17.5. The van der Waals surface area contributed by atoms with Crippen molar-refractivity contribution in [2.24, 2.45) is 0 Å². The van der Waals surface area contributed by atoms with Gasteiger partial charge in [-0.2, -0.15) is 5.10 Å². The number of rotatable bonds is 7. The van der Waals surface area contributed by atoms with Crippen molar-refractivity contribution in [3.63, 3.8) is 0 Å². The van der Waals surface area contributed by atoms with Gasteiger partial charge in [-0.05, 0) is 27.9 Å². The highest BCUT2D eigenvalue weighted by Crippen LogP contribution is 2.16. The number of nitrogens with one attached hydrogen (secondary N) is 1. The van der Waals surface area contributed by atoms with Crippen molar-refractivity contribution < 1.29 is 9.53 Å². The van der Waals surface area contributed by atoms with Gasteiger partial charge in [-0.1, -0.05) is 11.6 Å². The van der Waals surface area contributed by atoms with Crippen molar-refractivity contribution in [1.29, 1.82) is 0 Å². The Morgan fingerprint density at radius 1 is 1.57 bits per heavy atom. The topological polar surface area (TPSA) is 76.5 Å². The van der Waals surface area contributed by atoms with E-state index in [0.717, 1.165) is 0 Å². The molecule has 1 aromatic heterocycles. The van der Waals surface area contributed by atoms with E-state index < -0.39 is 12.0 Å². The second-order valence-corrected chi connectivity index (χ2v) is 5.20. The molecule has 21 heavy (non-hydrogen) atoms. The normalized spacial score (nSPS) is 12.3. The number of anilines is 1. The summed E-state index contributed by atoms with van der Waals surface area (Å²) in [5.41, 5.74) is -0.0668. The van der Waals surface area contributed by atoms with Gasteiger partial charge in [0.1, 0.15) is 11.1 Å². The zero-order valence-electron chi connectivity index (χ0n) is 12.7. The van der Waals surface area contributed by atoms with E-state index >= 15 is 0 Å². The van der Waals surface area contributed by atoms with Crippen LogP contribution in [0.15, 0.2) is 11.0 Å². The molecule has 0 aliphatic heterocycles. The minimum Gasteiger partial charge on any atom is -0.464 e. The molecule has 1 N–H and O–H groups in total. The summed E-state index contributed by atoms with van der Waals surface area (Å²) < 4.78 is 6.18. The molecule has 0 fully saturated rings. The van der Waals surface area contributed by atoms with E-state index in [2.05, 4.69) is 10.4 Å². The van der Waals surface area contributed by atoms with Crippen LogP contribution in [0.2, 0.25) is 5.02 Å². The monoisotopic (exact) mass is 316 g/mol. The minimum atomic E-state index is -0.610. The third-order valence-electron chi connectivity index (χ3n) is 2.76. The molecular formula is C13H21ClN4O3. The van der Waals surface area contributed by atoms with Crippen LogP contribution in [0.3, 0.4) is 0 Å². The van der Waals surface area contributed by atoms with E-state index in [4.69, 9.17) is 16.3 Å². The Labute approximate surface area is 128 Å². The lowest BCUT2D eigenvalue weighted by atomic mass is 10.3. The van der Waals surface area contributed by atoms with Gasteiger partial charge in [0, 0.05) is 6.54 Å². The molecule has 0 saturated carbocycles. The Kier molecular flexibility index (Phi) is 6.64. The molecule has 0 aromatic carbocycles. The molecule has 1 unspecified atom stereocenters. The second-order valence-electron chi connectivity index (χ2n) is 4.82. The predicted molar refractivity (Wildman–Crippen MR) is 81.8 cm³/mol. The Balaban J connectivity index is 2.84. The van der Waals surface area contributed by atoms with Gasteiger partial charge in [0.15, 0.2) is 0 Å². The van der Waals surface area contributed by atoms with E-state index in [1.165, 1.54) is 10.9 Å². The molecule has 0 aliphatic rings. The summed E-state index contributed by atoms with van der Waals surface area (Å²) in [5, 5.41) is 6.90. The van der Waals surface area contributed by atoms with E-state index in [0.29, 0.717) is 25.4 Å². The number of nitrogens with zero attached hydrogens (tertiary/aromatic N) is 3. The number of likely N-dealkylation sites (N-methyl/N-ethyl adjacent to an activating group) is 1. The lowest BCUT2D eigenvalue weighted by Gasteiger charge is -2.15. The van der Waals surface area contributed by atoms with Crippen LogP contribution < -0.4 is 10.9 Å². The van der Waals surface area contributed by atoms with Crippen LogP contribution in [0.1, 0.15) is 13.8 Å². The number of ether oxygens (including phenoxy) is 1. The van der Waals surface area contributed by atoms with E-state index in [1.54, 1.807) is 13.8 Å². The van der Waals surface area contributed by atoms with Gasteiger partial charge >= 0.3 is 5.97 Å². The highest BCUT2D eigenvalue weighted by atomic mass is 35.5. The number of hydrogen-bond acceptors (Lipinski definition) is 6. The van der Waals surface area contributed by atoms with Crippen molar-refractivity contribution in [3.8, 4) is 0 Å². The molecule has 1 atom stereocenters. The molecule has 0 saturated heterocycles. The van der Waals surface area contributed by atoms with E-state index in [1.807, 2.05) is 19.0 Å². The average Bonchev–Trinajstić information content (AvgIpc) is 2.43. The van der Waals surface area contributed by atoms with Crippen molar-refractivity contribution in [3.05, 3.63) is 21.6 Å². The molecule has 0 amide bonds. The molecule has 0 spiro atoms. The number of hydrogen-bond donors (Lipinski definition) is 1. The standard InChI is InChI=1S/C13H21ClN4O3/c1-5-21-13(20)9(2)16-10-8-15-18(7-6-17(3)4)12(19)11(10)14/h8-9,16H,5-7H2,1-4H3. The summed E-state index contributed by atoms with van der Waals surface area (Å²) in [6, 6.07) is -0.610. The Hall–Kier alpha value is -1.60. The van der Waals surface area contributed by atoms with Gasteiger partial charge in [-0.15, -0.1) is 0 Å². The third kappa shape index (κ3) is 5.02. The van der Waals surface area contributed by atoms with E-state index in [9.17, 15) is 9.59 Å². The molecule has 8 heteroatoms. The van der Waals surface area contributed by atoms with Crippen LogP contribution >= 0.6 is 11.6 Å². The average molecular weight is 317 g/mol. The fourth-order valence-corrected chi connectivity index (χ4v) is 1.78. The number of halogens is 1. The van der Waals surface area contributed by atoms with Crippen molar-refractivity contribution in [2.45, 2.75) is 26.4 Å². The summed E-state index contributed by atoms with van der Waals surface area (Å²) in [5.74, 6) is -0.412. The Morgan fingerprint density at radius 2 is 2.24 bits per heavy atom. The van der Waals surface area contributed by atoms with Gasteiger partial charge in [0.25, 0.3) is 5.56 Å². The summed E-state index contributed by atoms with van der Waals surface area (Å²) >= 11 is 6.04. The molecule has 118 valence electrons. The minimum absolute atomic E-state index is 0.0138. The number of carbonyl (C=O) groups is 1. The SMILES string of the molecule is CCOC(=O)C(C)Nc1cnn(CCN(C)C)c(=O)c1Cl. The quantitative estimate of drug-likeness (QED) is 0.751. The fraction of sp³-hybridized carbons (Fsp3) is 0.615. The molecule has 7 nitrogen and oxygen atoms in total. The van der Waals surface area contributed by atoms with Crippen LogP contribution in [-0.4, -0.2) is 53.9 Å². The summed E-state index contributed by atoms with van der Waals surface area (Å²) in [4.78, 5) is 25.6. The smallest absolute Gasteiger partial charge is 0.328 e. The van der Waals surface area contributed by atoms with Crippen molar-refractivity contribution in [1.82, 2.24) is 14.7 Å². The van der Waals surface area contributed by atoms with Crippen LogP contribution in [0.4, 0.5) is 5.69 Å². The first-order valence-electron chi connectivity index (χ1n) is 6.70. The van der Waals surface area contributed by atoms with Gasteiger partial charge < -0.3 is 15.0 Å². The first-order valence-corrected chi connectivity index (χ1v) is 7.08. The summed E-state index contributed by atoms with van der Waals surface area (Å²) in [6.45, 7) is 4.77. The highest BCUT2D eigenvalue weighted by Gasteiger charge is 2.17. The lowest BCUT2D eigenvalue weighted by Crippen LogP contribution is -2.32. The third-order valence-corrected chi connectivity index (χ3v) is 3.12. The van der Waals surface area contributed by atoms with Crippen LogP contribution in [0.25, 0.3) is 0 Å². The lowest BCUT2D eigenvalue weighted by molar-refractivity contribution is -0.143. The number of esters is 1. The number of aromatic nitrogens is 2. The predicted octanol–water partition coefficient (Wildman–Crippen LogP) is 0.822. The maximum atomic E-state index is 12.1. The fourth-order valence-electron chi connectivity index (χ4n) is 1.58. The van der Waals surface area contributed by atoms with Crippen molar-refractivity contribution >= 4 is 23.3 Å². The summed E-state index contributed by atoms with van der Waals surface area (Å²) in [7, 11) is 3.81. The second kappa shape index (κ2) is 7.99. The molecule has 0 aliphatic carbocycles. The molecule has 1 heterocycles. The van der Waals surface area contributed by atoms with Crippen LogP contribution in [0.5, 0.6) is 0 Å². The molecule has 0 bridgehead atoms. The first-order chi connectivity index (χ1) is 9.86. The van der Waals surface area contributed by atoms with Crippen LogP contribution in [-0.2, 0) is 16.1 Å². The zero-order valence-corrected chi connectivity index (χ0v) is 13.5. The van der Waals surface area contributed by atoms with E-state index in [-0.39, 0.29) is 10.6 Å². The van der Waals surface area contributed by atoms with Gasteiger partial charge in [-0.3, -0.25) is 4.79 Å². The maximum Gasteiger partial charge on any atom is 0.328 e. The molecular weight excluding hydrogens is 296 g/mol. The highest BCUT2D eigenvalue weighted by molar-refractivity contribution is 6.33. The Morgan fingerprint density at radius 3 is 2.81 bits per heavy atom. The molecule has 0 radical (unpaired) electrons. The Bertz CT molecular complexity index is 545. The van der Waals surface area contributed by atoms with Crippen LogP contribution in [0, 0.1) is 0 Å². The zero-order chi connectivity index (χ0) is 16.0. The van der Waals surface area contributed by atoms with Crippen molar-refractivity contribution in [2.75, 3.05) is 32.6 Å².